The van der Waals surface area contributed by atoms with Crippen LogP contribution in [0.5, 0.6) is 0 Å². The van der Waals surface area contributed by atoms with Gasteiger partial charge in [0, 0.05) is 11.4 Å². The molecule has 1 aliphatic rings. The van der Waals surface area contributed by atoms with Crippen LogP contribution in [0.1, 0.15) is 54.0 Å². The molecule has 19 heavy (non-hydrogen) atoms. The summed E-state index contributed by atoms with van der Waals surface area (Å²) in [6.07, 6.45) is 2.77. The second kappa shape index (κ2) is 6.27. The number of hydrogen-bond donors (Lipinski definition) is 1. The number of halogens is 2. The van der Waals surface area contributed by atoms with E-state index in [1.165, 1.54) is 12.8 Å². The molecular weight excluding hydrogens is 274 g/mol. The molecular formula is C12H14F2N2O2S. The van der Waals surface area contributed by atoms with Crippen LogP contribution in [0.25, 0.3) is 0 Å². The summed E-state index contributed by atoms with van der Waals surface area (Å²) in [5.41, 5.74) is -1.21. The van der Waals surface area contributed by atoms with Gasteiger partial charge in [0.05, 0.1) is 5.75 Å². The zero-order valence-corrected chi connectivity index (χ0v) is 11.0. The van der Waals surface area contributed by atoms with Gasteiger partial charge in [-0.25, -0.2) is 23.5 Å². The third-order valence-electron chi connectivity index (χ3n) is 3.06. The van der Waals surface area contributed by atoms with Gasteiger partial charge in [-0.2, -0.15) is 11.8 Å². The van der Waals surface area contributed by atoms with Crippen LogP contribution < -0.4 is 0 Å². The molecule has 1 aromatic rings. The van der Waals surface area contributed by atoms with E-state index in [0.29, 0.717) is 11.0 Å². The molecule has 1 aliphatic carbocycles. The standard InChI is InChI=1S/C12H14F2N2O2S/c13-11(14)10-8(12(17)18)5-15-9(16-10)6-19-7-3-1-2-4-7/h5,7,11H,1-4,6H2,(H,17,18). The van der Waals surface area contributed by atoms with Gasteiger partial charge < -0.3 is 5.11 Å². The van der Waals surface area contributed by atoms with Crippen LogP contribution in [0.3, 0.4) is 0 Å². The number of nitrogens with zero attached hydrogens (tertiary/aromatic N) is 2. The summed E-state index contributed by atoms with van der Waals surface area (Å²) in [5, 5.41) is 9.33. The molecule has 0 bridgehead atoms. The van der Waals surface area contributed by atoms with Crippen molar-refractivity contribution in [3.05, 3.63) is 23.3 Å². The molecule has 2 rings (SSSR count). The normalized spacial score (nSPS) is 16.2. The topological polar surface area (TPSA) is 63.1 Å². The summed E-state index contributed by atoms with van der Waals surface area (Å²) in [6, 6.07) is 0. The Kier molecular flexibility index (Phi) is 4.68. The molecule has 1 fully saturated rings. The lowest BCUT2D eigenvalue weighted by molar-refractivity contribution is 0.0681. The van der Waals surface area contributed by atoms with Crippen LogP contribution in [0.2, 0.25) is 0 Å². The molecule has 0 amide bonds. The van der Waals surface area contributed by atoms with E-state index in [9.17, 15) is 13.6 Å². The predicted octanol–water partition coefficient (Wildman–Crippen LogP) is 3.29. The lowest BCUT2D eigenvalue weighted by Gasteiger charge is -2.09. The smallest absolute Gasteiger partial charge is 0.339 e. The van der Waals surface area contributed by atoms with E-state index in [0.717, 1.165) is 19.0 Å². The molecule has 0 aromatic carbocycles. The largest absolute Gasteiger partial charge is 0.478 e. The van der Waals surface area contributed by atoms with E-state index < -0.39 is 23.7 Å². The third kappa shape index (κ3) is 3.62. The monoisotopic (exact) mass is 288 g/mol. The van der Waals surface area contributed by atoms with Gasteiger partial charge in [-0.1, -0.05) is 12.8 Å². The van der Waals surface area contributed by atoms with Crippen molar-refractivity contribution < 1.29 is 18.7 Å². The number of alkyl halides is 2. The summed E-state index contributed by atoms with van der Waals surface area (Å²) in [5.74, 6) is -0.702. The van der Waals surface area contributed by atoms with Crippen LogP contribution in [0.4, 0.5) is 8.78 Å². The van der Waals surface area contributed by atoms with E-state index in [-0.39, 0.29) is 5.82 Å². The third-order valence-corrected chi connectivity index (χ3v) is 4.42. The van der Waals surface area contributed by atoms with Crippen molar-refractivity contribution in [1.82, 2.24) is 9.97 Å². The molecule has 1 N–H and O–H groups in total. The number of carboxylic acids is 1. The van der Waals surface area contributed by atoms with Gasteiger partial charge in [0.1, 0.15) is 17.1 Å². The van der Waals surface area contributed by atoms with Crippen LogP contribution in [-0.4, -0.2) is 26.3 Å². The Morgan fingerprint density at radius 3 is 2.74 bits per heavy atom. The highest BCUT2D eigenvalue weighted by molar-refractivity contribution is 7.99. The maximum Gasteiger partial charge on any atom is 0.339 e. The number of carbonyl (C=O) groups is 1. The maximum absolute atomic E-state index is 12.7. The molecule has 7 heteroatoms. The predicted molar refractivity (Wildman–Crippen MR) is 67.5 cm³/mol. The van der Waals surface area contributed by atoms with Gasteiger partial charge in [-0.05, 0) is 12.8 Å². The highest BCUT2D eigenvalue weighted by atomic mass is 32.2. The molecule has 104 valence electrons. The summed E-state index contributed by atoms with van der Waals surface area (Å²) in [4.78, 5) is 18.3. The maximum atomic E-state index is 12.7. The first kappa shape index (κ1) is 14.2. The molecule has 0 saturated heterocycles. The minimum absolute atomic E-state index is 0.275. The Bertz CT molecular complexity index is 465. The summed E-state index contributed by atoms with van der Waals surface area (Å²) in [7, 11) is 0. The van der Waals surface area contributed by atoms with Crippen molar-refractivity contribution in [3.63, 3.8) is 0 Å². The fourth-order valence-electron chi connectivity index (χ4n) is 2.08. The molecule has 4 nitrogen and oxygen atoms in total. The summed E-state index contributed by atoms with van der Waals surface area (Å²) >= 11 is 1.65. The zero-order valence-electron chi connectivity index (χ0n) is 10.2. The number of thioether (sulfide) groups is 1. The number of carboxylic acid groups (broad SMARTS) is 1. The average molecular weight is 288 g/mol. The van der Waals surface area contributed by atoms with Crippen molar-refractivity contribution in [3.8, 4) is 0 Å². The highest BCUT2D eigenvalue weighted by Gasteiger charge is 2.22. The van der Waals surface area contributed by atoms with Gasteiger partial charge in [-0.3, -0.25) is 0 Å². The van der Waals surface area contributed by atoms with Crippen molar-refractivity contribution in [2.45, 2.75) is 43.1 Å². The van der Waals surface area contributed by atoms with E-state index in [4.69, 9.17) is 5.11 Å². The minimum atomic E-state index is -2.90. The Balaban J connectivity index is 2.08. The molecule has 0 unspecified atom stereocenters. The van der Waals surface area contributed by atoms with Crippen molar-refractivity contribution in [1.29, 1.82) is 0 Å². The second-order valence-corrected chi connectivity index (χ2v) is 5.70. The van der Waals surface area contributed by atoms with Gasteiger partial charge in [0.25, 0.3) is 6.43 Å². The Hall–Kier alpha value is -1.24. The molecule has 1 saturated carbocycles. The van der Waals surface area contributed by atoms with Crippen LogP contribution in [0.15, 0.2) is 6.20 Å². The molecule has 0 atom stereocenters. The van der Waals surface area contributed by atoms with Crippen molar-refractivity contribution >= 4 is 17.7 Å². The molecule has 0 aliphatic heterocycles. The first-order chi connectivity index (χ1) is 9.08. The number of hydrogen-bond acceptors (Lipinski definition) is 4. The lowest BCUT2D eigenvalue weighted by Crippen LogP contribution is -2.09. The number of rotatable bonds is 5. The van der Waals surface area contributed by atoms with Gasteiger partial charge in [0.2, 0.25) is 0 Å². The van der Waals surface area contributed by atoms with Crippen molar-refractivity contribution in [2.24, 2.45) is 0 Å². The first-order valence-corrected chi connectivity index (χ1v) is 7.11. The van der Waals surface area contributed by atoms with Crippen LogP contribution in [-0.2, 0) is 5.75 Å². The molecule has 1 aromatic heterocycles. The Morgan fingerprint density at radius 2 is 2.16 bits per heavy atom. The molecule has 0 spiro atoms. The van der Waals surface area contributed by atoms with E-state index in [1.54, 1.807) is 11.8 Å². The molecule has 0 radical (unpaired) electrons. The van der Waals surface area contributed by atoms with Gasteiger partial charge in [0.15, 0.2) is 0 Å². The number of aromatic carboxylic acids is 1. The van der Waals surface area contributed by atoms with Gasteiger partial charge in [-0.15, -0.1) is 0 Å². The molecule has 1 heterocycles. The minimum Gasteiger partial charge on any atom is -0.478 e. The van der Waals surface area contributed by atoms with E-state index >= 15 is 0 Å². The summed E-state index contributed by atoms with van der Waals surface area (Å²) < 4.78 is 25.5. The highest BCUT2D eigenvalue weighted by Crippen LogP contribution is 2.31. The average Bonchev–Trinajstić information content (AvgIpc) is 2.88. The van der Waals surface area contributed by atoms with E-state index in [2.05, 4.69) is 9.97 Å². The van der Waals surface area contributed by atoms with E-state index in [1.807, 2.05) is 0 Å². The van der Waals surface area contributed by atoms with Gasteiger partial charge >= 0.3 is 5.97 Å². The Morgan fingerprint density at radius 1 is 1.47 bits per heavy atom. The second-order valence-electron chi connectivity index (χ2n) is 4.41. The zero-order chi connectivity index (χ0) is 13.8. The van der Waals surface area contributed by atoms with Crippen molar-refractivity contribution in [2.75, 3.05) is 0 Å². The lowest BCUT2D eigenvalue weighted by atomic mass is 10.2. The SMILES string of the molecule is O=C(O)c1cnc(CSC2CCCC2)nc1C(F)F. The van der Waals surface area contributed by atoms with Crippen LogP contribution in [0, 0.1) is 0 Å². The fraction of sp³-hybridized carbons (Fsp3) is 0.583. The Labute approximate surface area is 113 Å². The first-order valence-electron chi connectivity index (χ1n) is 6.06. The number of aromatic nitrogens is 2. The van der Waals surface area contributed by atoms with Crippen LogP contribution >= 0.6 is 11.8 Å². The summed E-state index contributed by atoms with van der Waals surface area (Å²) in [6.45, 7) is 0. The quantitative estimate of drug-likeness (QED) is 0.900. The fourth-order valence-corrected chi connectivity index (χ4v) is 3.27.